The summed E-state index contributed by atoms with van der Waals surface area (Å²) in [6.45, 7) is 4.97. The third-order valence-corrected chi connectivity index (χ3v) is 1.50. The second-order valence-electron chi connectivity index (χ2n) is 2.72. The van der Waals surface area contributed by atoms with E-state index in [0.717, 1.165) is 12.2 Å². The first-order valence-corrected chi connectivity index (χ1v) is 4.78. The Kier molecular flexibility index (Phi) is 6.84. The van der Waals surface area contributed by atoms with Crippen LogP contribution in [0.3, 0.4) is 0 Å². The SMILES string of the molecule is C=CC(=O)NC(=CCNC(=O)OCC)C(=O)O. The van der Waals surface area contributed by atoms with Crippen molar-refractivity contribution in [3.8, 4) is 0 Å². The summed E-state index contributed by atoms with van der Waals surface area (Å²) < 4.78 is 4.56. The molecule has 0 aromatic heterocycles. The van der Waals surface area contributed by atoms with Gasteiger partial charge in [-0.1, -0.05) is 6.58 Å². The van der Waals surface area contributed by atoms with Crippen molar-refractivity contribution < 1.29 is 24.2 Å². The lowest BCUT2D eigenvalue weighted by molar-refractivity contribution is -0.134. The molecule has 17 heavy (non-hydrogen) atoms. The van der Waals surface area contributed by atoms with Crippen LogP contribution in [0, 0.1) is 0 Å². The number of carboxylic acid groups (broad SMARTS) is 1. The average Bonchev–Trinajstić information content (AvgIpc) is 2.27. The molecule has 0 aliphatic carbocycles. The summed E-state index contributed by atoms with van der Waals surface area (Å²) in [6.07, 6.45) is 1.42. The van der Waals surface area contributed by atoms with Crippen LogP contribution in [0.15, 0.2) is 24.4 Å². The van der Waals surface area contributed by atoms with Gasteiger partial charge in [0, 0.05) is 6.54 Å². The van der Waals surface area contributed by atoms with Crippen LogP contribution in [-0.2, 0) is 14.3 Å². The number of rotatable bonds is 6. The quantitative estimate of drug-likeness (QED) is 0.569. The molecule has 94 valence electrons. The molecule has 0 atom stereocenters. The Labute approximate surface area is 98.1 Å². The molecule has 0 bridgehead atoms. The Hall–Kier alpha value is -2.31. The summed E-state index contributed by atoms with van der Waals surface area (Å²) in [5.74, 6) is -1.96. The summed E-state index contributed by atoms with van der Waals surface area (Å²) in [5, 5.41) is 13.1. The van der Waals surface area contributed by atoms with Crippen molar-refractivity contribution in [1.29, 1.82) is 0 Å². The standard InChI is InChI=1S/C10H14N2O5/c1-3-8(13)12-7(9(14)15)5-6-11-10(16)17-4-2/h3,5H,1,4,6H2,2H3,(H,11,16)(H,12,13)(H,14,15). The van der Waals surface area contributed by atoms with E-state index in [0.29, 0.717) is 0 Å². The van der Waals surface area contributed by atoms with Gasteiger partial charge in [-0.25, -0.2) is 9.59 Å². The molecule has 0 aromatic rings. The number of alkyl carbamates (subject to hydrolysis) is 1. The number of carboxylic acids is 1. The fraction of sp³-hybridized carbons (Fsp3) is 0.300. The van der Waals surface area contributed by atoms with Gasteiger partial charge in [-0.2, -0.15) is 0 Å². The monoisotopic (exact) mass is 242 g/mol. The molecule has 0 aliphatic heterocycles. The average molecular weight is 242 g/mol. The zero-order valence-electron chi connectivity index (χ0n) is 9.36. The van der Waals surface area contributed by atoms with E-state index in [9.17, 15) is 14.4 Å². The fourth-order valence-corrected chi connectivity index (χ4v) is 0.794. The number of nitrogens with one attached hydrogen (secondary N) is 2. The first-order valence-electron chi connectivity index (χ1n) is 4.78. The molecule has 3 N–H and O–H groups in total. The zero-order chi connectivity index (χ0) is 13.3. The number of amides is 2. The highest BCUT2D eigenvalue weighted by Crippen LogP contribution is 1.89. The van der Waals surface area contributed by atoms with Crippen molar-refractivity contribution in [3.05, 3.63) is 24.4 Å². The Morgan fingerprint density at radius 3 is 2.53 bits per heavy atom. The zero-order valence-corrected chi connectivity index (χ0v) is 9.36. The molecule has 0 spiro atoms. The number of carbonyl (C=O) groups is 3. The molecule has 0 aliphatic rings. The topological polar surface area (TPSA) is 105 Å². The Balaban J connectivity index is 4.31. The van der Waals surface area contributed by atoms with Gasteiger partial charge in [0.1, 0.15) is 5.70 Å². The van der Waals surface area contributed by atoms with Gasteiger partial charge in [-0.3, -0.25) is 4.79 Å². The minimum absolute atomic E-state index is 0.0715. The van der Waals surface area contributed by atoms with Gasteiger partial charge in [-0.15, -0.1) is 0 Å². The number of hydrogen-bond donors (Lipinski definition) is 3. The van der Waals surface area contributed by atoms with E-state index in [2.05, 4.69) is 21.9 Å². The maximum absolute atomic E-state index is 10.9. The second-order valence-corrected chi connectivity index (χ2v) is 2.72. The molecule has 0 rings (SSSR count). The van der Waals surface area contributed by atoms with Crippen LogP contribution in [0.1, 0.15) is 6.92 Å². The molecule has 7 heteroatoms. The maximum Gasteiger partial charge on any atom is 0.407 e. The van der Waals surface area contributed by atoms with Crippen molar-refractivity contribution in [3.63, 3.8) is 0 Å². The number of hydrogen-bond acceptors (Lipinski definition) is 4. The van der Waals surface area contributed by atoms with Crippen LogP contribution in [-0.4, -0.2) is 36.2 Å². The highest BCUT2D eigenvalue weighted by molar-refractivity contribution is 5.96. The first-order chi connectivity index (χ1) is 8.01. The molecular formula is C10H14N2O5. The highest BCUT2D eigenvalue weighted by Gasteiger charge is 2.09. The lowest BCUT2D eigenvalue weighted by Gasteiger charge is -2.04. The van der Waals surface area contributed by atoms with Crippen molar-refractivity contribution in [2.45, 2.75) is 6.92 Å². The lowest BCUT2D eigenvalue weighted by Crippen LogP contribution is -2.29. The maximum atomic E-state index is 10.9. The number of carbonyl (C=O) groups excluding carboxylic acids is 2. The van der Waals surface area contributed by atoms with Crippen LogP contribution in [0.4, 0.5) is 4.79 Å². The molecular weight excluding hydrogens is 228 g/mol. The number of aliphatic carboxylic acids is 1. The minimum atomic E-state index is -1.31. The van der Waals surface area contributed by atoms with E-state index >= 15 is 0 Å². The fourth-order valence-electron chi connectivity index (χ4n) is 0.794. The van der Waals surface area contributed by atoms with Crippen molar-refractivity contribution >= 4 is 18.0 Å². The van der Waals surface area contributed by atoms with Crippen LogP contribution in [0.5, 0.6) is 0 Å². The molecule has 0 fully saturated rings. The van der Waals surface area contributed by atoms with E-state index in [1.807, 2.05) is 0 Å². The molecule has 0 saturated carbocycles. The molecule has 0 radical (unpaired) electrons. The van der Waals surface area contributed by atoms with Crippen LogP contribution in [0.25, 0.3) is 0 Å². The summed E-state index contributed by atoms with van der Waals surface area (Å²) in [4.78, 5) is 32.4. The minimum Gasteiger partial charge on any atom is -0.477 e. The van der Waals surface area contributed by atoms with E-state index < -0.39 is 18.0 Å². The van der Waals surface area contributed by atoms with Crippen LogP contribution < -0.4 is 10.6 Å². The summed E-state index contributed by atoms with van der Waals surface area (Å²) >= 11 is 0. The van der Waals surface area contributed by atoms with E-state index in [-0.39, 0.29) is 18.8 Å². The van der Waals surface area contributed by atoms with Crippen molar-refractivity contribution in [2.24, 2.45) is 0 Å². The van der Waals surface area contributed by atoms with E-state index in [1.54, 1.807) is 6.92 Å². The molecule has 0 heterocycles. The predicted molar refractivity (Wildman–Crippen MR) is 59.1 cm³/mol. The van der Waals surface area contributed by atoms with Gasteiger partial charge >= 0.3 is 12.1 Å². The Morgan fingerprint density at radius 2 is 2.06 bits per heavy atom. The van der Waals surface area contributed by atoms with Crippen molar-refractivity contribution in [1.82, 2.24) is 10.6 Å². The molecule has 2 amide bonds. The van der Waals surface area contributed by atoms with Gasteiger partial charge in [-0.05, 0) is 19.1 Å². The van der Waals surface area contributed by atoms with Crippen molar-refractivity contribution in [2.75, 3.05) is 13.2 Å². The summed E-state index contributed by atoms with van der Waals surface area (Å²) in [7, 11) is 0. The normalized spacial score (nSPS) is 10.3. The van der Waals surface area contributed by atoms with Crippen LogP contribution in [0.2, 0.25) is 0 Å². The van der Waals surface area contributed by atoms with E-state index in [4.69, 9.17) is 5.11 Å². The van der Waals surface area contributed by atoms with Gasteiger partial charge in [0.15, 0.2) is 0 Å². The predicted octanol–water partition coefficient (Wildman–Crippen LogP) is 0.00320. The largest absolute Gasteiger partial charge is 0.477 e. The third-order valence-electron chi connectivity index (χ3n) is 1.50. The lowest BCUT2D eigenvalue weighted by atomic mass is 10.3. The summed E-state index contributed by atoms with van der Waals surface area (Å²) in [6, 6.07) is 0. The van der Waals surface area contributed by atoms with Gasteiger partial charge in [0.2, 0.25) is 5.91 Å². The Bertz CT molecular complexity index is 349. The molecule has 0 aromatic carbocycles. The van der Waals surface area contributed by atoms with Gasteiger partial charge in [0.25, 0.3) is 0 Å². The highest BCUT2D eigenvalue weighted by atomic mass is 16.5. The van der Waals surface area contributed by atoms with Gasteiger partial charge in [0.05, 0.1) is 6.61 Å². The first kappa shape index (κ1) is 14.7. The molecule has 7 nitrogen and oxygen atoms in total. The smallest absolute Gasteiger partial charge is 0.407 e. The molecule has 0 saturated heterocycles. The number of ether oxygens (including phenoxy) is 1. The second kappa shape index (κ2) is 7.91. The van der Waals surface area contributed by atoms with Gasteiger partial charge < -0.3 is 20.5 Å². The van der Waals surface area contributed by atoms with Crippen LogP contribution >= 0.6 is 0 Å². The summed E-state index contributed by atoms with van der Waals surface area (Å²) in [5.41, 5.74) is -0.341. The Morgan fingerprint density at radius 1 is 1.41 bits per heavy atom. The van der Waals surface area contributed by atoms with E-state index in [1.165, 1.54) is 0 Å². The third kappa shape index (κ3) is 6.72. The molecule has 0 unspecified atom stereocenters.